The van der Waals surface area contributed by atoms with Gasteiger partial charge in [-0.2, -0.15) is 19.0 Å². The minimum Gasteiger partial charge on any atom is -0.378 e. The molecular weight excluding hydrogens is 792 g/mol. The zero-order chi connectivity index (χ0) is 41.8. The third kappa shape index (κ3) is 7.60. The second kappa shape index (κ2) is 15.1. The number of nitrogens with one attached hydrogen (secondary N) is 2. The number of hydrogen-bond acceptors (Lipinski definition) is 7. The molecule has 0 saturated heterocycles. The van der Waals surface area contributed by atoms with Crippen LogP contribution in [0.3, 0.4) is 0 Å². The molecule has 2 aliphatic rings. The number of aliphatic hydroxyl groups is 1. The van der Waals surface area contributed by atoms with Crippen LogP contribution in [0.1, 0.15) is 66.1 Å². The Kier molecular flexibility index (Phi) is 10.5. The van der Waals surface area contributed by atoms with E-state index in [1.54, 1.807) is 19.2 Å². The van der Waals surface area contributed by atoms with Crippen molar-refractivity contribution in [1.82, 2.24) is 29.9 Å². The van der Waals surface area contributed by atoms with Crippen molar-refractivity contribution in [2.45, 2.75) is 56.7 Å². The van der Waals surface area contributed by atoms with E-state index in [1.807, 2.05) is 0 Å². The van der Waals surface area contributed by atoms with Crippen LogP contribution >= 0.6 is 11.6 Å². The fourth-order valence-electron chi connectivity index (χ4n) is 7.16. The summed E-state index contributed by atoms with van der Waals surface area (Å²) in [5.41, 5.74) is -2.36. The van der Waals surface area contributed by atoms with Gasteiger partial charge in [0.25, 0.3) is 12.3 Å². The third-order valence-electron chi connectivity index (χ3n) is 9.47. The van der Waals surface area contributed by atoms with Gasteiger partial charge < -0.3 is 20.5 Å². The van der Waals surface area contributed by atoms with Gasteiger partial charge in [-0.05, 0) is 62.1 Å². The molecule has 3 atom stereocenters. The standard InChI is InChI=1S/C40H32ClF6N7O4/c1-39(2,57)12-11-22-5-6-23(24-8-10-27(41)32-35(24)53(3)52-38(32)50-30(56)18-58-4)33(48-22)28(15-19-13-20(42)16-21(43)14-19)49-29(55)17-54-36-31(34(51-54)37(44)45)25-7-9-26(25)40(36,46)47/h5-6,8,10,13-14,16,25-26,28,37,57H,15,17-18H2,1-4H3,(H,49,55)(H,50,52,56)/t25-,26+,28?/m0/s1. The van der Waals surface area contributed by atoms with Crippen molar-refractivity contribution in [3.8, 4) is 34.8 Å². The summed E-state index contributed by atoms with van der Waals surface area (Å²) < 4.78 is 95.4. The Morgan fingerprint density at radius 1 is 1.05 bits per heavy atom. The average molecular weight is 824 g/mol. The Bertz CT molecular complexity index is 2610. The average Bonchev–Trinajstić information content (AvgIpc) is 3.68. The number of rotatable bonds is 11. The van der Waals surface area contributed by atoms with E-state index in [-0.39, 0.29) is 40.8 Å². The minimum absolute atomic E-state index is 0.0473. The van der Waals surface area contributed by atoms with Gasteiger partial charge in [0, 0.05) is 36.9 Å². The second-order valence-corrected chi connectivity index (χ2v) is 14.7. The largest absolute Gasteiger partial charge is 0.378 e. The summed E-state index contributed by atoms with van der Waals surface area (Å²) in [7, 11) is 2.93. The monoisotopic (exact) mass is 823 g/mol. The summed E-state index contributed by atoms with van der Waals surface area (Å²) in [4.78, 5) is 31.2. The summed E-state index contributed by atoms with van der Waals surface area (Å²) in [5.74, 6) is 0.586. The lowest BCUT2D eigenvalue weighted by molar-refractivity contribution is -0.123. The van der Waals surface area contributed by atoms with Crippen LogP contribution < -0.4 is 10.6 Å². The molecule has 7 rings (SSSR count). The highest BCUT2D eigenvalue weighted by Crippen LogP contribution is 2.57. The molecule has 5 aromatic rings. The maximum absolute atomic E-state index is 15.6. The number of hydrogen-bond donors (Lipinski definition) is 3. The minimum atomic E-state index is -3.68. The molecule has 11 nitrogen and oxygen atoms in total. The summed E-state index contributed by atoms with van der Waals surface area (Å²) in [6.45, 7) is 1.65. The molecule has 2 amide bonds. The number of carbonyl (C=O) groups excluding carboxylic acids is 2. The lowest BCUT2D eigenvalue weighted by Gasteiger charge is -2.24. The first-order valence-corrected chi connectivity index (χ1v) is 18.0. The number of aromatic nitrogens is 5. The molecule has 2 aromatic carbocycles. The fourth-order valence-corrected chi connectivity index (χ4v) is 7.40. The van der Waals surface area contributed by atoms with Crippen LogP contribution in [-0.4, -0.2) is 60.8 Å². The maximum Gasteiger partial charge on any atom is 0.304 e. The number of alkyl halides is 4. The van der Waals surface area contributed by atoms with E-state index < -0.39 is 82.8 Å². The first-order chi connectivity index (χ1) is 27.4. The number of pyridine rings is 1. The molecule has 1 unspecified atom stereocenters. The van der Waals surface area contributed by atoms with Crippen molar-refractivity contribution in [3.05, 3.63) is 93.0 Å². The van der Waals surface area contributed by atoms with E-state index >= 15 is 8.78 Å². The van der Waals surface area contributed by atoms with Crippen LogP contribution in [-0.2, 0) is 40.3 Å². The van der Waals surface area contributed by atoms with Crippen LogP contribution in [0, 0.1) is 41.2 Å². The lowest BCUT2D eigenvalue weighted by Crippen LogP contribution is -2.36. The van der Waals surface area contributed by atoms with Crippen LogP contribution in [0.4, 0.5) is 32.2 Å². The third-order valence-corrected chi connectivity index (χ3v) is 9.79. The Morgan fingerprint density at radius 3 is 2.40 bits per heavy atom. The molecule has 18 heteroatoms. The topological polar surface area (TPSA) is 136 Å². The van der Waals surface area contributed by atoms with Crippen LogP contribution in [0.15, 0.2) is 42.5 Å². The van der Waals surface area contributed by atoms with Gasteiger partial charge in [0.2, 0.25) is 5.91 Å². The molecule has 0 fully saturated rings. The molecule has 0 spiro atoms. The molecule has 300 valence electrons. The Morgan fingerprint density at radius 2 is 1.76 bits per heavy atom. The molecular formula is C40H32ClF6N7O4. The molecule has 0 saturated carbocycles. The highest BCUT2D eigenvalue weighted by Gasteiger charge is 2.60. The van der Waals surface area contributed by atoms with Crippen LogP contribution in [0.25, 0.3) is 22.0 Å². The smallest absolute Gasteiger partial charge is 0.304 e. The predicted octanol–water partition coefficient (Wildman–Crippen LogP) is 6.33. The maximum atomic E-state index is 15.6. The van der Waals surface area contributed by atoms with Crippen LogP contribution in [0.2, 0.25) is 5.02 Å². The van der Waals surface area contributed by atoms with Gasteiger partial charge in [-0.1, -0.05) is 35.4 Å². The molecule has 3 aromatic heterocycles. The second-order valence-electron chi connectivity index (χ2n) is 14.3. The number of aryl methyl sites for hydroxylation is 1. The van der Waals surface area contributed by atoms with Gasteiger partial charge >= 0.3 is 5.92 Å². The van der Waals surface area contributed by atoms with E-state index in [2.05, 4.69) is 44.5 Å². The quantitative estimate of drug-likeness (QED) is 0.105. The van der Waals surface area contributed by atoms with E-state index in [9.17, 15) is 32.3 Å². The fraction of sp³-hybridized carbons (Fsp3) is 0.325. The van der Waals surface area contributed by atoms with Gasteiger partial charge in [0.1, 0.15) is 53.4 Å². The van der Waals surface area contributed by atoms with Gasteiger partial charge in [0.15, 0.2) is 5.82 Å². The summed E-state index contributed by atoms with van der Waals surface area (Å²) in [5, 5.41) is 24.4. The molecule has 2 aliphatic carbocycles. The van der Waals surface area contributed by atoms with Crippen molar-refractivity contribution in [2.75, 3.05) is 19.0 Å². The SMILES string of the molecule is COCC(=O)Nc1nn(C)c2c(-c3ccc(C#CC(C)(C)O)nc3C(Cc3cc(F)cc(F)c3)NC(=O)Cn3nc(C(F)F)c4c3C(F)(F)[C@@H]3C#C[C@H]43)ccc(Cl)c12. The Labute approximate surface area is 331 Å². The summed E-state index contributed by atoms with van der Waals surface area (Å²) in [6.07, 6.45) is -3.57. The van der Waals surface area contributed by atoms with Gasteiger partial charge in [-0.25, -0.2) is 22.5 Å². The summed E-state index contributed by atoms with van der Waals surface area (Å²) >= 11 is 6.66. The van der Waals surface area contributed by atoms with E-state index in [1.165, 1.54) is 37.8 Å². The Balaban J connectivity index is 1.38. The number of carbonyl (C=O) groups is 2. The van der Waals surface area contributed by atoms with Crippen molar-refractivity contribution in [2.24, 2.45) is 13.0 Å². The van der Waals surface area contributed by atoms with Crippen LogP contribution in [0.5, 0.6) is 0 Å². The number of halogens is 7. The highest BCUT2D eigenvalue weighted by molar-refractivity contribution is 6.37. The van der Waals surface area contributed by atoms with Gasteiger partial charge in [0.05, 0.1) is 33.6 Å². The van der Waals surface area contributed by atoms with E-state index in [0.717, 1.165) is 12.1 Å². The van der Waals surface area contributed by atoms with E-state index in [0.29, 0.717) is 32.8 Å². The molecule has 58 heavy (non-hydrogen) atoms. The molecule has 3 heterocycles. The highest BCUT2D eigenvalue weighted by atomic mass is 35.5. The normalized spacial score (nSPS) is 16.8. The molecule has 0 aliphatic heterocycles. The number of amides is 2. The predicted molar refractivity (Wildman–Crippen MR) is 199 cm³/mol. The van der Waals surface area contributed by atoms with E-state index in [4.69, 9.17) is 21.3 Å². The van der Waals surface area contributed by atoms with Crippen molar-refractivity contribution >= 4 is 40.1 Å². The number of ether oxygens (including phenoxy) is 1. The zero-order valence-electron chi connectivity index (χ0n) is 31.0. The molecule has 0 bridgehead atoms. The van der Waals surface area contributed by atoms with Crippen molar-refractivity contribution in [3.63, 3.8) is 0 Å². The number of methoxy groups -OCH3 is 1. The number of fused-ring (bicyclic) bond motifs is 4. The number of benzene rings is 2. The van der Waals surface area contributed by atoms with Gasteiger partial charge in [-0.15, -0.1) is 0 Å². The zero-order valence-corrected chi connectivity index (χ0v) is 31.8. The number of nitrogens with zero attached hydrogens (tertiary/aromatic N) is 5. The Hall–Kier alpha value is -5.88. The summed E-state index contributed by atoms with van der Waals surface area (Å²) in [6, 6.07) is 7.66. The number of anilines is 1. The van der Waals surface area contributed by atoms with Gasteiger partial charge in [-0.3, -0.25) is 19.0 Å². The molecule has 0 radical (unpaired) electrons. The lowest BCUT2D eigenvalue weighted by atomic mass is 9.84. The first-order valence-electron chi connectivity index (χ1n) is 17.6. The molecule has 3 N–H and O–H groups in total. The first kappa shape index (κ1) is 40.3. The van der Waals surface area contributed by atoms with Crippen molar-refractivity contribution in [1.29, 1.82) is 0 Å². The van der Waals surface area contributed by atoms with Crippen molar-refractivity contribution < 1.29 is 45.8 Å².